The van der Waals surface area contributed by atoms with Crippen LogP contribution in [-0.4, -0.2) is 0 Å². The summed E-state index contributed by atoms with van der Waals surface area (Å²) in [6.07, 6.45) is 2.01. The van der Waals surface area contributed by atoms with Gasteiger partial charge in [-0.1, -0.05) is 85.4 Å². The van der Waals surface area contributed by atoms with Gasteiger partial charge in [0.2, 0.25) is 0 Å². The molecule has 3 aromatic carbocycles. The Morgan fingerprint density at radius 2 is 1.43 bits per heavy atom. The van der Waals surface area contributed by atoms with Gasteiger partial charge >= 0.3 is 0 Å². The van der Waals surface area contributed by atoms with Crippen LogP contribution in [0.3, 0.4) is 0 Å². The molecule has 0 radical (unpaired) electrons. The first-order valence-electron chi connectivity index (χ1n) is 8.13. The molecule has 0 aliphatic heterocycles. The molecular formula is C23H22. The Hall–Kier alpha value is -2.60. The van der Waals surface area contributed by atoms with Gasteiger partial charge < -0.3 is 0 Å². The van der Waals surface area contributed by atoms with Crippen LogP contribution in [0.25, 0.3) is 16.7 Å². The maximum absolute atomic E-state index is 4.39. The Morgan fingerprint density at radius 1 is 0.783 bits per heavy atom. The SMILES string of the molecule is C=C(CCc1ccccc1)c1c(C)cccc1-c1ccccc1. The number of rotatable bonds is 5. The Kier molecular flexibility index (Phi) is 4.73. The Morgan fingerprint density at radius 3 is 2.13 bits per heavy atom. The maximum atomic E-state index is 4.39. The van der Waals surface area contributed by atoms with Crippen molar-refractivity contribution in [1.82, 2.24) is 0 Å². The van der Waals surface area contributed by atoms with E-state index in [1.807, 2.05) is 0 Å². The zero-order chi connectivity index (χ0) is 16.1. The number of allylic oxidation sites excluding steroid dienone is 1. The summed E-state index contributed by atoms with van der Waals surface area (Å²) < 4.78 is 0. The van der Waals surface area contributed by atoms with Crippen molar-refractivity contribution in [2.24, 2.45) is 0 Å². The van der Waals surface area contributed by atoms with Crippen LogP contribution in [0.4, 0.5) is 0 Å². The molecule has 23 heavy (non-hydrogen) atoms. The molecule has 0 spiro atoms. The van der Waals surface area contributed by atoms with Crippen molar-refractivity contribution < 1.29 is 0 Å². The molecule has 0 nitrogen and oxygen atoms in total. The van der Waals surface area contributed by atoms with E-state index >= 15 is 0 Å². The standard InChI is InChI=1S/C23H22/c1-18-10-9-15-22(21-13-7-4-8-14-21)23(18)19(2)16-17-20-11-5-3-6-12-20/h3-15H,2,16-17H2,1H3. The Balaban J connectivity index is 1.88. The third-order valence-corrected chi connectivity index (χ3v) is 4.27. The van der Waals surface area contributed by atoms with Gasteiger partial charge in [-0.2, -0.15) is 0 Å². The van der Waals surface area contributed by atoms with E-state index in [-0.39, 0.29) is 0 Å². The second kappa shape index (κ2) is 7.11. The highest BCUT2D eigenvalue weighted by Crippen LogP contribution is 2.32. The topological polar surface area (TPSA) is 0 Å². The van der Waals surface area contributed by atoms with Crippen molar-refractivity contribution in [1.29, 1.82) is 0 Å². The minimum atomic E-state index is 0.981. The van der Waals surface area contributed by atoms with Gasteiger partial charge in [0, 0.05) is 0 Å². The summed E-state index contributed by atoms with van der Waals surface area (Å²) in [4.78, 5) is 0. The fourth-order valence-electron chi connectivity index (χ4n) is 3.06. The van der Waals surface area contributed by atoms with Crippen molar-refractivity contribution in [3.05, 3.63) is 102 Å². The molecule has 0 unspecified atom stereocenters. The lowest BCUT2D eigenvalue weighted by atomic mass is 9.89. The van der Waals surface area contributed by atoms with Gasteiger partial charge in [-0.05, 0) is 53.2 Å². The molecule has 0 saturated carbocycles. The fraction of sp³-hybridized carbons (Fsp3) is 0.130. The average Bonchev–Trinajstić information content (AvgIpc) is 2.61. The van der Waals surface area contributed by atoms with Crippen molar-refractivity contribution in [2.75, 3.05) is 0 Å². The van der Waals surface area contributed by atoms with Crippen molar-refractivity contribution in [3.8, 4) is 11.1 Å². The van der Waals surface area contributed by atoms with Crippen LogP contribution < -0.4 is 0 Å². The molecule has 0 N–H and O–H groups in total. The molecule has 114 valence electrons. The molecule has 0 aliphatic rings. The summed E-state index contributed by atoms with van der Waals surface area (Å²) >= 11 is 0. The molecule has 0 atom stereocenters. The highest BCUT2D eigenvalue weighted by molar-refractivity contribution is 5.82. The molecule has 0 aliphatic carbocycles. The number of hydrogen-bond acceptors (Lipinski definition) is 0. The van der Waals surface area contributed by atoms with Gasteiger partial charge in [0.15, 0.2) is 0 Å². The quantitative estimate of drug-likeness (QED) is 0.518. The molecule has 3 rings (SSSR count). The molecule has 0 heteroatoms. The van der Waals surface area contributed by atoms with E-state index in [9.17, 15) is 0 Å². The van der Waals surface area contributed by atoms with E-state index in [1.54, 1.807) is 0 Å². The van der Waals surface area contributed by atoms with Gasteiger partial charge in [-0.15, -0.1) is 0 Å². The van der Waals surface area contributed by atoms with Gasteiger partial charge in [0.1, 0.15) is 0 Å². The van der Waals surface area contributed by atoms with E-state index in [0.717, 1.165) is 12.8 Å². The van der Waals surface area contributed by atoms with Crippen molar-refractivity contribution in [2.45, 2.75) is 19.8 Å². The number of aryl methyl sites for hydroxylation is 2. The lowest BCUT2D eigenvalue weighted by molar-refractivity contribution is 1.02. The largest absolute Gasteiger partial charge is 0.0952 e. The average molecular weight is 298 g/mol. The van der Waals surface area contributed by atoms with Crippen molar-refractivity contribution >= 4 is 5.57 Å². The van der Waals surface area contributed by atoms with Crippen LogP contribution in [0.5, 0.6) is 0 Å². The monoisotopic (exact) mass is 298 g/mol. The summed E-state index contributed by atoms with van der Waals surface area (Å²) in [7, 11) is 0. The number of hydrogen-bond donors (Lipinski definition) is 0. The lowest BCUT2D eigenvalue weighted by Gasteiger charge is -2.15. The van der Waals surface area contributed by atoms with Crippen LogP contribution in [0.2, 0.25) is 0 Å². The zero-order valence-electron chi connectivity index (χ0n) is 13.6. The molecule has 0 aromatic heterocycles. The summed E-state index contributed by atoms with van der Waals surface area (Å²) in [5.41, 5.74) is 7.71. The predicted molar refractivity (Wildman–Crippen MR) is 100 cm³/mol. The second-order valence-electron chi connectivity index (χ2n) is 5.95. The number of benzene rings is 3. The summed E-state index contributed by atoms with van der Waals surface area (Å²) in [5, 5.41) is 0. The highest BCUT2D eigenvalue weighted by atomic mass is 14.1. The van der Waals surface area contributed by atoms with Gasteiger partial charge in [0.05, 0.1) is 0 Å². The van der Waals surface area contributed by atoms with Crippen LogP contribution in [0.15, 0.2) is 85.4 Å². The van der Waals surface area contributed by atoms with E-state index in [0.29, 0.717) is 0 Å². The van der Waals surface area contributed by atoms with Gasteiger partial charge in [-0.25, -0.2) is 0 Å². The minimum absolute atomic E-state index is 0.981. The van der Waals surface area contributed by atoms with E-state index in [2.05, 4.69) is 92.4 Å². The first kappa shape index (κ1) is 15.3. The fourth-order valence-corrected chi connectivity index (χ4v) is 3.06. The first-order chi connectivity index (χ1) is 11.3. The van der Waals surface area contributed by atoms with Crippen molar-refractivity contribution in [3.63, 3.8) is 0 Å². The molecule has 3 aromatic rings. The van der Waals surface area contributed by atoms with E-state index in [4.69, 9.17) is 0 Å². The maximum Gasteiger partial charge on any atom is -0.0106 e. The summed E-state index contributed by atoms with van der Waals surface area (Å²) in [5.74, 6) is 0. The molecule has 0 amide bonds. The highest BCUT2D eigenvalue weighted by Gasteiger charge is 2.10. The first-order valence-corrected chi connectivity index (χ1v) is 8.13. The van der Waals surface area contributed by atoms with Gasteiger partial charge in [-0.3, -0.25) is 0 Å². The van der Waals surface area contributed by atoms with E-state index < -0.39 is 0 Å². The predicted octanol–water partition coefficient (Wildman–Crippen LogP) is 6.31. The molecule has 0 saturated heterocycles. The minimum Gasteiger partial charge on any atom is -0.0952 e. The molecule has 0 fully saturated rings. The Bertz CT molecular complexity index is 783. The Labute approximate surface area is 139 Å². The van der Waals surface area contributed by atoms with E-state index in [1.165, 1.54) is 33.4 Å². The zero-order valence-corrected chi connectivity index (χ0v) is 13.6. The normalized spacial score (nSPS) is 10.5. The lowest BCUT2D eigenvalue weighted by Crippen LogP contribution is -1.95. The van der Waals surface area contributed by atoms with Gasteiger partial charge in [0.25, 0.3) is 0 Å². The second-order valence-corrected chi connectivity index (χ2v) is 5.95. The van der Waals surface area contributed by atoms with Crippen LogP contribution in [0.1, 0.15) is 23.1 Å². The smallest absolute Gasteiger partial charge is 0.0106 e. The molecule has 0 bridgehead atoms. The summed E-state index contributed by atoms with van der Waals surface area (Å²) in [6.45, 7) is 6.56. The molecular weight excluding hydrogens is 276 g/mol. The molecule has 0 heterocycles. The third kappa shape index (κ3) is 3.60. The van der Waals surface area contributed by atoms with Crippen LogP contribution in [0, 0.1) is 6.92 Å². The third-order valence-electron chi connectivity index (χ3n) is 4.27. The van der Waals surface area contributed by atoms with Crippen LogP contribution in [-0.2, 0) is 6.42 Å². The van der Waals surface area contributed by atoms with Crippen LogP contribution >= 0.6 is 0 Å². The summed E-state index contributed by atoms with van der Waals surface area (Å²) in [6, 6.07) is 27.7.